The normalized spacial score (nSPS) is 14.4. The largest absolute Gasteiger partial charge is 0.416 e. The molecule has 15 heteroatoms. The summed E-state index contributed by atoms with van der Waals surface area (Å²) in [5.41, 5.74) is -0.0823. The molecule has 0 spiro atoms. The average molecular weight is 549 g/mol. The van der Waals surface area contributed by atoms with Crippen LogP contribution >= 0.6 is 11.6 Å². The summed E-state index contributed by atoms with van der Waals surface area (Å²) in [6.07, 6.45) is -3.11. The predicted molar refractivity (Wildman–Crippen MR) is 128 cm³/mol. The van der Waals surface area contributed by atoms with Crippen molar-refractivity contribution in [3.63, 3.8) is 0 Å². The van der Waals surface area contributed by atoms with Gasteiger partial charge in [0.1, 0.15) is 12.9 Å². The summed E-state index contributed by atoms with van der Waals surface area (Å²) in [5, 5.41) is 21.4. The summed E-state index contributed by atoms with van der Waals surface area (Å²) >= 11 is 5.91. The van der Waals surface area contributed by atoms with Gasteiger partial charge in [0.25, 0.3) is 5.91 Å². The lowest BCUT2D eigenvalue weighted by Crippen LogP contribution is -2.37. The highest BCUT2D eigenvalue weighted by atomic mass is 35.5. The number of aromatic nitrogens is 7. The van der Waals surface area contributed by atoms with Gasteiger partial charge in [0.15, 0.2) is 23.4 Å². The van der Waals surface area contributed by atoms with E-state index in [0.29, 0.717) is 16.3 Å². The Labute approximate surface area is 217 Å². The third kappa shape index (κ3) is 5.45. The molecule has 3 aromatic heterocycles. The minimum atomic E-state index is -4.94. The first kappa shape index (κ1) is 25.6. The van der Waals surface area contributed by atoms with Crippen molar-refractivity contribution in [3.05, 3.63) is 75.9 Å². The van der Waals surface area contributed by atoms with E-state index >= 15 is 0 Å². The smallest absolute Gasteiger partial charge is 0.382 e. The van der Waals surface area contributed by atoms with Gasteiger partial charge in [-0.1, -0.05) is 11.6 Å². The van der Waals surface area contributed by atoms with Crippen LogP contribution in [0.1, 0.15) is 29.2 Å². The number of amides is 1. The Bertz CT molecular complexity index is 1530. The van der Waals surface area contributed by atoms with E-state index in [9.17, 15) is 27.9 Å². The number of carbonyl (C=O) groups is 1. The maximum absolute atomic E-state index is 13.1. The second-order valence-electron chi connectivity index (χ2n) is 8.66. The maximum Gasteiger partial charge on any atom is 0.416 e. The van der Waals surface area contributed by atoms with Crippen LogP contribution in [0.2, 0.25) is 5.02 Å². The number of hydrogen-bond acceptors (Lipinski definition) is 7. The molecule has 1 aliphatic rings. The summed E-state index contributed by atoms with van der Waals surface area (Å²) in [7, 11) is 0. The van der Waals surface area contributed by atoms with Crippen LogP contribution < -0.4 is 11.0 Å². The molecule has 1 saturated carbocycles. The molecular formula is C23H20ClF3N8O3. The highest BCUT2D eigenvalue weighted by molar-refractivity contribution is 6.30. The summed E-state index contributed by atoms with van der Waals surface area (Å²) in [6.45, 7) is -1.34. The minimum Gasteiger partial charge on any atom is -0.382 e. The monoisotopic (exact) mass is 548 g/mol. The summed E-state index contributed by atoms with van der Waals surface area (Å²) in [5.74, 6) is -0.347. The van der Waals surface area contributed by atoms with Crippen molar-refractivity contribution >= 4 is 17.5 Å². The van der Waals surface area contributed by atoms with E-state index in [1.165, 1.54) is 41.5 Å². The van der Waals surface area contributed by atoms with Crippen molar-refractivity contribution in [1.29, 1.82) is 0 Å². The van der Waals surface area contributed by atoms with Gasteiger partial charge >= 0.3 is 11.9 Å². The van der Waals surface area contributed by atoms with Gasteiger partial charge in [-0.2, -0.15) is 13.2 Å². The number of carbonyl (C=O) groups excluding carboxylic acids is 1. The molecule has 0 bridgehead atoms. The zero-order valence-electron chi connectivity index (χ0n) is 19.5. The van der Waals surface area contributed by atoms with Gasteiger partial charge in [-0.25, -0.2) is 24.1 Å². The number of halogens is 4. The van der Waals surface area contributed by atoms with Gasteiger partial charge in [-0.15, -0.1) is 10.2 Å². The number of benzene rings is 1. The second-order valence-corrected chi connectivity index (χ2v) is 9.10. The molecule has 2 N–H and O–H groups in total. The van der Waals surface area contributed by atoms with Crippen LogP contribution in [0.3, 0.4) is 0 Å². The molecule has 1 fully saturated rings. The Morgan fingerprint density at radius 3 is 2.58 bits per heavy atom. The first-order valence-corrected chi connectivity index (χ1v) is 11.8. The Balaban J connectivity index is 1.46. The van der Waals surface area contributed by atoms with Crippen molar-refractivity contribution in [2.45, 2.75) is 44.3 Å². The molecule has 198 valence electrons. The number of alkyl halides is 3. The molecule has 0 radical (unpaired) electrons. The first-order valence-electron chi connectivity index (χ1n) is 11.5. The number of nitrogens with one attached hydrogen (secondary N) is 1. The van der Waals surface area contributed by atoms with E-state index in [4.69, 9.17) is 11.6 Å². The lowest BCUT2D eigenvalue weighted by atomic mass is 10.2. The number of aliphatic hydroxyl groups is 1. The number of hydrogen-bond donors (Lipinski definition) is 2. The fraction of sp³-hybridized carbons (Fsp3) is 0.304. The minimum absolute atomic E-state index is 0.0966. The molecule has 1 aliphatic carbocycles. The third-order valence-electron chi connectivity index (χ3n) is 5.75. The highest BCUT2D eigenvalue weighted by Crippen LogP contribution is 2.24. The molecule has 1 aromatic carbocycles. The van der Waals surface area contributed by atoms with Crippen LogP contribution in [-0.2, 0) is 13.1 Å². The Morgan fingerprint density at radius 2 is 1.89 bits per heavy atom. The standard InChI is InChI=1S/C23H20ClF3N8O3/c24-14-5-3-13(4-6-14)20-32-34(22(38)33(20)10-17(36)23(25,26)27)11-18-29-12-35(31-18)16-2-1-9-28-19(16)21(37)30-15-7-8-15/h1-6,9,12,15,17,36H,7-8,10-11H2,(H,30,37)/t17-/m1/s1. The maximum atomic E-state index is 13.1. The van der Waals surface area contributed by atoms with Gasteiger partial charge in [-0.3, -0.25) is 9.36 Å². The van der Waals surface area contributed by atoms with E-state index in [1.807, 2.05) is 0 Å². The fourth-order valence-corrected chi connectivity index (χ4v) is 3.78. The lowest BCUT2D eigenvalue weighted by Gasteiger charge is -2.15. The average Bonchev–Trinajstić information content (AvgIpc) is 3.49. The zero-order valence-corrected chi connectivity index (χ0v) is 20.3. The van der Waals surface area contributed by atoms with E-state index in [2.05, 4.69) is 25.5 Å². The van der Waals surface area contributed by atoms with E-state index in [1.54, 1.807) is 12.1 Å². The summed E-state index contributed by atoms with van der Waals surface area (Å²) < 4.78 is 42.2. The number of aliphatic hydroxyl groups excluding tert-OH is 1. The van der Waals surface area contributed by atoms with Crippen molar-refractivity contribution in [3.8, 4) is 17.1 Å². The van der Waals surface area contributed by atoms with E-state index < -0.39 is 24.5 Å². The molecule has 0 saturated heterocycles. The first-order chi connectivity index (χ1) is 18.1. The highest BCUT2D eigenvalue weighted by Gasteiger charge is 2.39. The predicted octanol–water partition coefficient (Wildman–Crippen LogP) is 2.20. The molecule has 5 rings (SSSR count). The Hall–Kier alpha value is -4.04. The molecule has 0 aliphatic heterocycles. The molecule has 11 nitrogen and oxygen atoms in total. The van der Waals surface area contributed by atoms with Crippen LogP contribution in [0.5, 0.6) is 0 Å². The molecule has 1 atom stereocenters. The summed E-state index contributed by atoms with van der Waals surface area (Å²) in [6, 6.07) is 9.37. The van der Waals surface area contributed by atoms with Crippen molar-refractivity contribution < 1.29 is 23.1 Å². The fourth-order valence-electron chi connectivity index (χ4n) is 3.66. The second kappa shape index (κ2) is 10.0. The van der Waals surface area contributed by atoms with Crippen LogP contribution in [0.15, 0.2) is 53.7 Å². The topological polar surface area (TPSA) is 133 Å². The zero-order chi connectivity index (χ0) is 27.0. The van der Waals surface area contributed by atoms with Crippen LogP contribution in [0.25, 0.3) is 17.1 Å². The third-order valence-corrected chi connectivity index (χ3v) is 6.00. The molecule has 38 heavy (non-hydrogen) atoms. The Morgan fingerprint density at radius 1 is 1.16 bits per heavy atom. The number of nitrogens with zero attached hydrogens (tertiary/aromatic N) is 7. The van der Waals surface area contributed by atoms with E-state index in [0.717, 1.165) is 22.1 Å². The van der Waals surface area contributed by atoms with Gasteiger partial charge in [-0.05, 0) is 49.2 Å². The molecule has 3 heterocycles. The van der Waals surface area contributed by atoms with Crippen LogP contribution in [0.4, 0.5) is 13.2 Å². The van der Waals surface area contributed by atoms with Crippen molar-refractivity contribution in [2.75, 3.05) is 0 Å². The van der Waals surface area contributed by atoms with E-state index in [-0.39, 0.29) is 35.8 Å². The quantitative estimate of drug-likeness (QED) is 0.345. The van der Waals surface area contributed by atoms with Crippen molar-refractivity contribution in [2.24, 2.45) is 0 Å². The molecule has 1 amide bonds. The van der Waals surface area contributed by atoms with Crippen LogP contribution in [-0.4, -0.2) is 63.4 Å². The van der Waals surface area contributed by atoms with Gasteiger partial charge in [0, 0.05) is 22.8 Å². The SMILES string of the molecule is O=C(NC1CC1)c1ncccc1-n1cnc(Cn2nc(-c3ccc(Cl)cc3)n(C[C@@H](O)C(F)(F)F)c2=O)n1. The van der Waals surface area contributed by atoms with Gasteiger partial charge in [0.05, 0.1) is 12.2 Å². The lowest BCUT2D eigenvalue weighted by molar-refractivity contribution is -0.207. The molecule has 0 unspecified atom stereocenters. The molecular weight excluding hydrogens is 529 g/mol. The van der Waals surface area contributed by atoms with Crippen molar-refractivity contribution in [1.82, 2.24) is 39.4 Å². The summed E-state index contributed by atoms with van der Waals surface area (Å²) in [4.78, 5) is 34.0. The number of pyridine rings is 1. The van der Waals surface area contributed by atoms with Gasteiger partial charge < -0.3 is 10.4 Å². The Kier molecular flexibility index (Phi) is 6.75. The number of rotatable bonds is 8. The van der Waals surface area contributed by atoms with Gasteiger partial charge in [0.2, 0.25) is 0 Å². The molecule has 4 aromatic rings. The van der Waals surface area contributed by atoms with Crippen LogP contribution in [0, 0.1) is 0 Å².